The molecule has 4 nitrogen and oxygen atoms in total. The molecule has 5 heteroatoms. The first kappa shape index (κ1) is 15.3. The molecule has 0 amide bonds. The molecule has 0 heterocycles. The number of halogens is 1. The Kier molecular flexibility index (Phi) is 6.46. The standard InChI is InChI=1S/C13H20BrNO3/c1-9(16-3)8-18-13-11(14)5-10(7-15-2)6-12(13)17-4/h5-6,9,15H,7-8H2,1-4H3. The Balaban J connectivity index is 2.89. The van der Waals surface area contributed by atoms with Crippen molar-refractivity contribution in [3.05, 3.63) is 22.2 Å². The van der Waals surface area contributed by atoms with Gasteiger partial charge in [-0.15, -0.1) is 0 Å². The SMILES string of the molecule is CNCc1cc(Br)c(OCC(C)OC)c(OC)c1. The predicted molar refractivity (Wildman–Crippen MR) is 75.4 cm³/mol. The highest BCUT2D eigenvalue weighted by atomic mass is 79.9. The maximum Gasteiger partial charge on any atom is 0.175 e. The summed E-state index contributed by atoms with van der Waals surface area (Å²) in [6, 6.07) is 3.99. The molecule has 0 fully saturated rings. The molecule has 0 saturated heterocycles. The summed E-state index contributed by atoms with van der Waals surface area (Å²) >= 11 is 3.51. The van der Waals surface area contributed by atoms with E-state index in [2.05, 4.69) is 21.2 Å². The van der Waals surface area contributed by atoms with Crippen molar-refractivity contribution in [2.24, 2.45) is 0 Å². The van der Waals surface area contributed by atoms with E-state index in [0.29, 0.717) is 12.4 Å². The van der Waals surface area contributed by atoms with Crippen LogP contribution in [-0.4, -0.2) is 34.0 Å². The first-order valence-corrected chi connectivity index (χ1v) is 6.58. The van der Waals surface area contributed by atoms with E-state index in [1.54, 1.807) is 14.2 Å². The van der Waals surface area contributed by atoms with Gasteiger partial charge < -0.3 is 19.5 Å². The van der Waals surface area contributed by atoms with Crippen LogP contribution in [0.25, 0.3) is 0 Å². The smallest absolute Gasteiger partial charge is 0.175 e. The van der Waals surface area contributed by atoms with E-state index in [9.17, 15) is 0 Å². The van der Waals surface area contributed by atoms with Crippen LogP contribution in [0.2, 0.25) is 0 Å². The van der Waals surface area contributed by atoms with Gasteiger partial charge in [0.1, 0.15) is 6.61 Å². The van der Waals surface area contributed by atoms with E-state index < -0.39 is 0 Å². The Hall–Kier alpha value is -0.780. The lowest BCUT2D eigenvalue weighted by atomic mass is 10.2. The largest absolute Gasteiger partial charge is 0.493 e. The molecular formula is C13H20BrNO3. The molecule has 0 bridgehead atoms. The van der Waals surface area contributed by atoms with Crippen molar-refractivity contribution in [3.63, 3.8) is 0 Å². The zero-order chi connectivity index (χ0) is 13.5. The monoisotopic (exact) mass is 317 g/mol. The molecule has 18 heavy (non-hydrogen) atoms. The van der Waals surface area contributed by atoms with Crippen LogP contribution in [0.1, 0.15) is 12.5 Å². The minimum atomic E-state index is 0.0404. The summed E-state index contributed by atoms with van der Waals surface area (Å²) in [5.74, 6) is 1.43. The van der Waals surface area contributed by atoms with Crippen LogP contribution in [0.3, 0.4) is 0 Å². The van der Waals surface area contributed by atoms with Gasteiger partial charge in [-0.3, -0.25) is 0 Å². The van der Waals surface area contributed by atoms with Crippen LogP contribution in [-0.2, 0) is 11.3 Å². The van der Waals surface area contributed by atoms with Crippen LogP contribution >= 0.6 is 15.9 Å². The van der Waals surface area contributed by atoms with Gasteiger partial charge in [0.05, 0.1) is 17.7 Å². The number of benzene rings is 1. The summed E-state index contributed by atoms with van der Waals surface area (Å²) in [5, 5.41) is 3.10. The molecule has 1 N–H and O–H groups in total. The first-order valence-electron chi connectivity index (χ1n) is 5.79. The molecule has 0 aliphatic rings. The van der Waals surface area contributed by atoms with Crippen LogP contribution in [0, 0.1) is 0 Å². The van der Waals surface area contributed by atoms with Crippen LogP contribution in [0.15, 0.2) is 16.6 Å². The molecule has 1 rings (SSSR count). The minimum Gasteiger partial charge on any atom is -0.493 e. The molecule has 102 valence electrons. The van der Waals surface area contributed by atoms with Gasteiger partial charge in [-0.05, 0) is 47.6 Å². The average molecular weight is 318 g/mol. The van der Waals surface area contributed by atoms with E-state index >= 15 is 0 Å². The number of methoxy groups -OCH3 is 2. The van der Waals surface area contributed by atoms with E-state index in [1.165, 1.54) is 0 Å². The van der Waals surface area contributed by atoms with Crippen LogP contribution < -0.4 is 14.8 Å². The summed E-state index contributed by atoms with van der Waals surface area (Å²) in [7, 11) is 5.21. The summed E-state index contributed by atoms with van der Waals surface area (Å²) in [6.45, 7) is 3.22. The fourth-order valence-corrected chi connectivity index (χ4v) is 2.09. The first-order chi connectivity index (χ1) is 8.62. The van der Waals surface area contributed by atoms with Gasteiger partial charge in [-0.2, -0.15) is 0 Å². The van der Waals surface area contributed by atoms with E-state index in [0.717, 1.165) is 22.3 Å². The second-order valence-electron chi connectivity index (χ2n) is 4.00. The molecule has 0 aromatic heterocycles. The summed E-state index contributed by atoms with van der Waals surface area (Å²) in [5.41, 5.74) is 1.13. The third kappa shape index (κ3) is 4.15. The van der Waals surface area contributed by atoms with E-state index in [1.807, 2.05) is 26.1 Å². The molecular weight excluding hydrogens is 298 g/mol. The zero-order valence-electron chi connectivity index (χ0n) is 11.2. The Morgan fingerprint density at radius 3 is 2.61 bits per heavy atom. The lowest BCUT2D eigenvalue weighted by Gasteiger charge is -2.16. The third-order valence-electron chi connectivity index (χ3n) is 2.53. The molecule has 1 unspecified atom stereocenters. The minimum absolute atomic E-state index is 0.0404. The van der Waals surface area contributed by atoms with Gasteiger partial charge in [0, 0.05) is 13.7 Å². The average Bonchev–Trinajstić information content (AvgIpc) is 2.36. The van der Waals surface area contributed by atoms with Gasteiger partial charge in [-0.1, -0.05) is 0 Å². The van der Waals surface area contributed by atoms with Crippen molar-refractivity contribution in [1.82, 2.24) is 5.32 Å². The van der Waals surface area contributed by atoms with Gasteiger partial charge in [-0.25, -0.2) is 0 Å². The van der Waals surface area contributed by atoms with Gasteiger partial charge in [0.15, 0.2) is 11.5 Å². The van der Waals surface area contributed by atoms with Crippen molar-refractivity contribution in [1.29, 1.82) is 0 Å². The molecule has 0 spiro atoms. The number of hydrogen-bond acceptors (Lipinski definition) is 4. The van der Waals surface area contributed by atoms with Crippen LogP contribution in [0.5, 0.6) is 11.5 Å². The maximum absolute atomic E-state index is 5.73. The topological polar surface area (TPSA) is 39.7 Å². The Bertz CT molecular complexity index is 385. The van der Waals surface area contributed by atoms with Crippen molar-refractivity contribution >= 4 is 15.9 Å². The van der Waals surface area contributed by atoms with Gasteiger partial charge in [0.2, 0.25) is 0 Å². The molecule has 0 aliphatic heterocycles. The number of hydrogen-bond donors (Lipinski definition) is 1. The molecule has 1 atom stereocenters. The summed E-state index contributed by atoms with van der Waals surface area (Å²) in [4.78, 5) is 0. The van der Waals surface area contributed by atoms with Crippen molar-refractivity contribution in [3.8, 4) is 11.5 Å². The quantitative estimate of drug-likeness (QED) is 0.839. The van der Waals surface area contributed by atoms with Crippen molar-refractivity contribution in [2.45, 2.75) is 19.6 Å². The lowest BCUT2D eigenvalue weighted by molar-refractivity contribution is 0.0703. The Morgan fingerprint density at radius 2 is 2.06 bits per heavy atom. The molecule has 1 aromatic carbocycles. The Morgan fingerprint density at radius 1 is 1.33 bits per heavy atom. The van der Waals surface area contributed by atoms with Gasteiger partial charge >= 0.3 is 0 Å². The van der Waals surface area contributed by atoms with E-state index in [4.69, 9.17) is 14.2 Å². The second kappa shape index (κ2) is 7.61. The van der Waals surface area contributed by atoms with E-state index in [-0.39, 0.29) is 6.10 Å². The number of rotatable bonds is 7. The highest BCUT2D eigenvalue weighted by molar-refractivity contribution is 9.10. The molecule has 0 saturated carbocycles. The fourth-order valence-electron chi connectivity index (χ4n) is 1.49. The molecule has 0 aliphatic carbocycles. The summed E-state index contributed by atoms with van der Waals surface area (Å²) < 4.78 is 17.1. The van der Waals surface area contributed by atoms with Crippen LogP contribution in [0.4, 0.5) is 0 Å². The summed E-state index contributed by atoms with van der Waals surface area (Å²) in [6.07, 6.45) is 0.0404. The number of ether oxygens (including phenoxy) is 3. The number of nitrogens with one attached hydrogen (secondary N) is 1. The van der Waals surface area contributed by atoms with Gasteiger partial charge in [0.25, 0.3) is 0 Å². The molecule has 0 radical (unpaired) electrons. The highest BCUT2D eigenvalue weighted by Crippen LogP contribution is 2.36. The zero-order valence-corrected chi connectivity index (χ0v) is 12.8. The fraction of sp³-hybridized carbons (Fsp3) is 0.538. The highest BCUT2D eigenvalue weighted by Gasteiger charge is 2.12. The molecule has 1 aromatic rings. The normalized spacial score (nSPS) is 12.3. The van der Waals surface area contributed by atoms with Crippen molar-refractivity contribution < 1.29 is 14.2 Å². The van der Waals surface area contributed by atoms with Crippen molar-refractivity contribution in [2.75, 3.05) is 27.9 Å². The second-order valence-corrected chi connectivity index (χ2v) is 4.85. The third-order valence-corrected chi connectivity index (χ3v) is 3.12. The Labute approximate surface area is 117 Å². The predicted octanol–water partition coefficient (Wildman–Crippen LogP) is 2.59. The maximum atomic E-state index is 5.73. The lowest BCUT2D eigenvalue weighted by Crippen LogP contribution is -2.16.